The first-order valence-corrected chi connectivity index (χ1v) is 4.15. The maximum Gasteiger partial charge on any atom is 0.128 e. The van der Waals surface area contributed by atoms with Gasteiger partial charge < -0.3 is 0 Å². The van der Waals surface area contributed by atoms with Crippen LogP contribution in [0, 0.1) is 0 Å². The number of rotatable bonds is 1. The van der Waals surface area contributed by atoms with E-state index < -0.39 is 0 Å². The van der Waals surface area contributed by atoms with Crippen molar-refractivity contribution in [2.24, 2.45) is 0 Å². The van der Waals surface area contributed by atoms with Gasteiger partial charge in [0.25, 0.3) is 0 Å². The lowest BCUT2D eigenvalue weighted by Crippen LogP contribution is -1.98. The molecule has 0 bridgehead atoms. The van der Waals surface area contributed by atoms with Crippen LogP contribution in [0.5, 0.6) is 0 Å². The minimum atomic E-state index is -0.259. The Kier molecular flexibility index (Phi) is 2.87. The van der Waals surface area contributed by atoms with Crippen LogP contribution in [0.25, 0.3) is 0 Å². The second-order valence-corrected chi connectivity index (χ2v) is 3.42. The highest BCUT2D eigenvalue weighted by Crippen LogP contribution is 2.25. The summed E-state index contributed by atoms with van der Waals surface area (Å²) in [5.74, 6) is 0. The summed E-state index contributed by atoms with van der Waals surface area (Å²) >= 11 is 11.3. The minimum Gasteiger partial charge on any atom is -0.100 e. The molecule has 0 amide bonds. The van der Waals surface area contributed by atoms with Crippen LogP contribution in [-0.2, 0) is 0 Å². The zero-order valence-electron chi connectivity index (χ0n) is 5.24. The first-order chi connectivity index (χ1) is 4.30. The Morgan fingerprint density at radius 3 is 2.44 bits per heavy atom. The lowest BCUT2D eigenvalue weighted by Gasteiger charge is -2.12. The van der Waals surface area contributed by atoms with Gasteiger partial charge in [0.2, 0.25) is 0 Å². The lowest BCUT2D eigenvalue weighted by molar-refractivity contribution is 0.698. The van der Waals surface area contributed by atoms with Crippen molar-refractivity contribution in [3.63, 3.8) is 0 Å². The monoisotopic (exact) mass is 164 g/mol. The van der Waals surface area contributed by atoms with Gasteiger partial charge in [-0.05, 0) is 31.3 Å². The summed E-state index contributed by atoms with van der Waals surface area (Å²) in [5, 5.41) is 0. The molecule has 0 saturated heterocycles. The molecule has 0 heterocycles. The first kappa shape index (κ1) is 7.43. The van der Waals surface area contributed by atoms with Gasteiger partial charge in [-0.1, -0.05) is 6.08 Å². The highest BCUT2D eigenvalue weighted by Gasteiger charge is 2.09. The molecule has 1 aliphatic rings. The summed E-state index contributed by atoms with van der Waals surface area (Å²) < 4.78 is 0. The highest BCUT2D eigenvalue weighted by atomic mass is 35.5. The van der Waals surface area contributed by atoms with Gasteiger partial charge in [0.15, 0.2) is 0 Å². The Hall–Kier alpha value is 0.320. The smallest absolute Gasteiger partial charge is 0.100 e. The molecule has 0 aliphatic heterocycles. The highest BCUT2D eigenvalue weighted by molar-refractivity contribution is 6.46. The molecule has 0 saturated carbocycles. The molecule has 0 atom stereocenters. The van der Waals surface area contributed by atoms with Crippen molar-refractivity contribution < 1.29 is 0 Å². The van der Waals surface area contributed by atoms with Crippen molar-refractivity contribution in [3.8, 4) is 0 Å². The zero-order valence-corrected chi connectivity index (χ0v) is 6.75. The van der Waals surface area contributed by atoms with Crippen molar-refractivity contribution >= 4 is 23.2 Å². The molecule has 0 aromatic carbocycles. The second kappa shape index (κ2) is 3.48. The van der Waals surface area contributed by atoms with Gasteiger partial charge in [-0.25, -0.2) is 0 Å². The van der Waals surface area contributed by atoms with E-state index in [-0.39, 0.29) is 4.84 Å². The van der Waals surface area contributed by atoms with Crippen molar-refractivity contribution in [1.29, 1.82) is 0 Å². The van der Waals surface area contributed by atoms with Crippen LogP contribution in [0.3, 0.4) is 0 Å². The molecule has 1 rings (SSSR count). The maximum absolute atomic E-state index is 5.65. The van der Waals surface area contributed by atoms with E-state index in [9.17, 15) is 0 Å². The Morgan fingerprint density at radius 2 is 2.11 bits per heavy atom. The maximum atomic E-state index is 5.65. The lowest BCUT2D eigenvalue weighted by atomic mass is 10.0. The van der Waals surface area contributed by atoms with E-state index in [1.165, 1.54) is 18.4 Å². The Morgan fingerprint density at radius 1 is 1.33 bits per heavy atom. The summed E-state index contributed by atoms with van der Waals surface area (Å²) in [6.07, 6.45) is 6.96. The first-order valence-electron chi connectivity index (χ1n) is 3.28. The molecule has 0 aromatic rings. The average molecular weight is 165 g/mol. The predicted octanol–water partition coefficient (Wildman–Crippen LogP) is 3.29. The standard InChI is InChI=1S/C7H10Cl2/c8-7(9)6-4-2-1-3-5-6/h4,7H,1-3,5H2. The quantitative estimate of drug-likeness (QED) is 0.413. The largest absolute Gasteiger partial charge is 0.128 e. The van der Waals surface area contributed by atoms with E-state index in [1.807, 2.05) is 0 Å². The van der Waals surface area contributed by atoms with E-state index in [1.54, 1.807) is 0 Å². The van der Waals surface area contributed by atoms with Crippen LogP contribution in [-0.4, -0.2) is 4.84 Å². The number of alkyl halides is 2. The summed E-state index contributed by atoms with van der Waals surface area (Å²) in [5.41, 5.74) is 1.21. The van der Waals surface area contributed by atoms with E-state index in [2.05, 4.69) is 6.08 Å². The molecule has 0 N–H and O–H groups in total. The average Bonchev–Trinajstić information content (AvgIpc) is 1.90. The molecular weight excluding hydrogens is 155 g/mol. The topological polar surface area (TPSA) is 0 Å². The van der Waals surface area contributed by atoms with E-state index in [0.29, 0.717) is 0 Å². The molecule has 0 spiro atoms. The van der Waals surface area contributed by atoms with Crippen LogP contribution < -0.4 is 0 Å². The Bertz CT molecular complexity index is 116. The third-order valence-electron chi connectivity index (χ3n) is 1.61. The molecule has 0 unspecified atom stereocenters. The van der Waals surface area contributed by atoms with Gasteiger partial charge in [0.05, 0.1) is 0 Å². The van der Waals surface area contributed by atoms with Crippen molar-refractivity contribution in [2.45, 2.75) is 30.5 Å². The summed E-state index contributed by atoms with van der Waals surface area (Å²) in [6.45, 7) is 0. The third kappa shape index (κ3) is 2.19. The van der Waals surface area contributed by atoms with Gasteiger partial charge in [-0.3, -0.25) is 0 Å². The summed E-state index contributed by atoms with van der Waals surface area (Å²) in [4.78, 5) is -0.259. The van der Waals surface area contributed by atoms with Gasteiger partial charge in [-0.2, -0.15) is 0 Å². The number of hydrogen-bond acceptors (Lipinski definition) is 0. The molecule has 9 heavy (non-hydrogen) atoms. The Balaban J connectivity index is 2.46. The van der Waals surface area contributed by atoms with Crippen molar-refractivity contribution in [1.82, 2.24) is 0 Å². The zero-order chi connectivity index (χ0) is 6.69. The molecule has 0 aromatic heterocycles. The fourth-order valence-electron chi connectivity index (χ4n) is 1.06. The van der Waals surface area contributed by atoms with Gasteiger partial charge >= 0.3 is 0 Å². The number of halogens is 2. The minimum absolute atomic E-state index is 0.259. The molecule has 1 aliphatic carbocycles. The normalized spacial score (nSPS) is 20.1. The Labute approximate surface area is 65.8 Å². The van der Waals surface area contributed by atoms with Crippen molar-refractivity contribution in [2.75, 3.05) is 0 Å². The number of allylic oxidation sites excluding steroid dienone is 2. The van der Waals surface area contributed by atoms with Crippen LogP contribution in [0.4, 0.5) is 0 Å². The van der Waals surface area contributed by atoms with E-state index in [4.69, 9.17) is 23.2 Å². The molecule has 0 radical (unpaired) electrons. The van der Waals surface area contributed by atoms with Crippen LogP contribution >= 0.6 is 23.2 Å². The van der Waals surface area contributed by atoms with Gasteiger partial charge in [-0.15, -0.1) is 23.2 Å². The van der Waals surface area contributed by atoms with E-state index >= 15 is 0 Å². The predicted molar refractivity (Wildman–Crippen MR) is 42.0 cm³/mol. The van der Waals surface area contributed by atoms with E-state index in [0.717, 1.165) is 12.8 Å². The van der Waals surface area contributed by atoms with Crippen LogP contribution in [0.15, 0.2) is 11.6 Å². The molecule has 0 fully saturated rings. The van der Waals surface area contributed by atoms with Crippen LogP contribution in [0.1, 0.15) is 25.7 Å². The molecular formula is C7H10Cl2. The fourth-order valence-corrected chi connectivity index (χ4v) is 1.46. The van der Waals surface area contributed by atoms with Gasteiger partial charge in [0.1, 0.15) is 4.84 Å². The molecule has 52 valence electrons. The van der Waals surface area contributed by atoms with Gasteiger partial charge in [0, 0.05) is 0 Å². The van der Waals surface area contributed by atoms with Crippen molar-refractivity contribution in [3.05, 3.63) is 11.6 Å². The fraction of sp³-hybridized carbons (Fsp3) is 0.714. The second-order valence-electron chi connectivity index (χ2n) is 2.33. The molecule has 0 nitrogen and oxygen atoms in total. The summed E-state index contributed by atoms with van der Waals surface area (Å²) in [6, 6.07) is 0. The molecule has 2 heteroatoms. The van der Waals surface area contributed by atoms with Crippen LogP contribution in [0.2, 0.25) is 0 Å². The summed E-state index contributed by atoms with van der Waals surface area (Å²) in [7, 11) is 0. The number of hydrogen-bond donors (Lipinski definition) is 0. The third-order valence-corrected chi connectivity index (χ3v) is 2.17. The SMILES string of the molecule is ClC(Cl)C1=CCCCC1.